The summed E-state index contributed by atoms with van der Waals surface area (Å²) >= 11 is 0. The Morgan fingerprint density at radius 1 is 1.25 bits per heavy atom. The first kappa shape index (κ1) is 9.75. The quantitative estimate of drug-likeness (QED) is 0.754. The lowest BCUT2D eigenvalue weighted by molar-refractivity contribution is 0.0601. The van der Waals surface area contributed by atoms with Gasteiger partial charge in [0.1, 0.15) is 5.60 Å². The molecule has 0 spiro atoms. The molecular formula is C13H14N2O. The molecule has 0 radical (unpaired) electrons. The number of aromatic nitrogens is 1. The van der Waals surface area contributed by atoms with E-state index in [0.717, 1.165) is 29.4 Å². The summed E-state index contributed by atoms with van der Waals surface area (Å²) in [5.74, 6) is 0. The van der Waals surface area contributed by atoms with Crippen LogP contribution in [-0.2, 0) is 5.60 Å². The van der Waals surface area contributed by atoms with Gasteiger partial charge in [-0.3, -0.25) is 4.98 Å². The van der Waals surface area contributed by atoms with Crippen LogP contribution >= 0.6 is 0 Å². The molecular weight excluding hydrogens is 200 g/mol. The van der Waals surface area contributed by atoms with Gasteiger partial charge in [0.15, 0.2) is 0 Å². The summed E-state index contributed by atoms with van der Waals surface area (Å²) in [5.41, 5.74) is 1.10. The molecule has 1 saturated heterocycles. The van der Waals surface area contributed by atoms with E-state index in [0.29, 0.717) is 6.54 Å². The van der Waals surface area contributed by atoms with Crippen LogP contribution in [0.3, 0.4) is 0 Å². The van der Waals surface area contributed by atoms with E-state index < -0.39 is 5.60 Å². The molecule has 0 aliphatic carbocycles. The monoisotopic (exact) mass is 214 g/mol. The van der Waals surface area contributed by atoms with Crippen molar-refractivity contribution in [1.82, 2.24) is 10.3 Å². The van der Waals surface area contributed by atoms with Crippen molar-refractivity contribution in [2.45, 2.75) is 12.0 Å². The number of nitrogens with zero attached hydrogens (tertiary/aromatic N) is 1. The number of hydrogen-bond acceptors (Lipinski definition) is 3. The average molecular weight is 214 g/mol. The Morgan fingerprint density at radius 3 is 2.94 bits per heavy atom. The lowest BCUT2D eigenvalue weighted by Gasteiger charge is -2.22. The average Bonchev–Trinajstić information content (AvgIpc) is 2.77. The van der Waals surface area contributed by atoms with Gasteiger partial charge in [0.05, 0.1) is 5.52 Å². The minimum atomic E-state index is -0.756. The summed E-state index contributed by atoms with van der Waals surface area (Å²) in [5, 5.41) is 14.8. The van der Waals surface area contributed by atoms with Crippen LogP contribution in [0.15, 0.2) is 36.5 Å². The van der Waals surface area contributed by atoms with Crippen molar-refractivity contribution in [2.24, 2.45) is 0 Å². The Labute approximate surface area is 94.1 Å². The largest absolute Gasteiger partial charge is 0.384 e. The zero-order valence-electron chi connectivity index (χ0n) is 8.98. The SMILES string of the molecule is OC1(c2cccc3cccnc23)CCNC1. The van der Waals surface area contributed by atoms with Crippen LogP contribution < -0.4 is 5.32 Å². The molecule has 1 aromatic heterocycles. The van der Waals surface area contributed by atoms with Gasteiger partial charge in [-0.05, 0) is 19.0 Å². The second-order valence-electron chi connectivity index (χ2n) is 4.34. The zero-order valence-corrected chi connectivity index (χ0v) is 8.98. The molecule has 1 aliphatic rings. The topological polar surface area (TPSA) is 45.2 Å². The molecule has 3 rings (SSSR count). The van der Waals surface area contributed by atoms with Crippen molar-refractivity contribution in [3.63, 3.8) is 0 Å². The fourth-order valence-corrected chi connectivity index (χ4v) is 2.39. The van der Waals surface area contributed by atoms with E-state index in [1.165, 1.54) is 0 Å². The summed E-state index contributed by atoms with van der Waals surface area (Å²) in [7, 11) is 0. The maximum atomic E-state index is 10.6. The predicted octanol–water partition coefficient (Wildman–Crippen LogP) is 1.42. The fraction of sp³-hybridized carbons (Fsp3) is 0.308. The Bertz CT molecular complexity index is 513. The molecule has 0 saturated carbocycles. The minimum absolute atomic E-state index is 0.614. The number of benzene rings is 1. The van der Waals surface area contributed by atoms with Gasteiger partial charge in [-0.2, -0.15) is 0 Å². The van der Waals surface area contributed by atoms with Gasteiger partial charge in [-0.15, -0.1) is 0 Å². The molecule has 82 valence electrons. The summed E-state index contributed by atoms with van der Waals surface area (Å²) < 4.78 is 0. The minimum Gasteiger partial charge on any atom is -0.384 e. The maximum absolute atomic E-state index is 10.6. The summed E-state index contributed by atoms with van der Waals surface area (Å²) in [4.78, 5) is 4.38. The molecule has 1 aromatic carbocycles. The Kier molecular flexibility index (Phi) is 2.16. The van der Waals surface area contributed by atoms with Crippen LogP contribution in [-0.4, -0.2) is 23.2 Å². The number of aliphatic hydroxyl groups is 1. The van der Waals surface area contributed by atoms with Crippen LogP contribution in [0, 0.1) is 0 Å². The van der Waals surface area contributed by atoms with E-state index >= 15 is 0 Å². The highest BCUT2D eigenvalue weighted by Gasteiger charge is 2.34. The molecule has 2 heterocycles. The summed E-state index contributed by atoms with van der Waals surface area (Å²) in [6.07, 6.45) is 2.53. The van der Waals surface area contributed by atoms with Gasteiger partial charge in [-0.1, -0.05) is 24.3 Å². The molecule has 16 heavy (non-hydrogen) atoms. The predicted molar refractivity (Wildman–Crippen MR) is 63.1 cm³/mol. The molecule has 2 aromatic rings. The first-order chi connectivity index (χ1) is 7.80. The van der Waals surface area contributed by atoms with Crippen molar-refractivity contribution < 1.29 is 5.11 Å². The van der Waals surface area contributed by atoms with Gasteiger partial charge in [0.2, 0.25) is 0 Å². The van der Waals surface area contributed by atoms with E-state index in [4.69, 9.17) is 0 Å². The number of β-amino-alcohol motifs (C(OH)–C–C–N with tert-alkyl or cyclic N) is 1. The molecule has 1 aliphatic heterocycles. The number of hydrogen-bond donors (Lipinski definition) is 2. The van der Waals surface area contributed by atoms with Crippen molar-refractivity contribution in [1.29, 1.82) is 0 Å². The standard InChI is InChI=1S/C13H14N2O/c16-13(6-8-14-9-13)11-5-1-3-10-4-2-7-15-12(10)11/h1-5,7,14,16H,6,8-9H2. The molecule has 0 bridgehead atoms. The molecule has 2 N–H and O–H groups in total. The third kappa shape index (κ3) is 1.40. The maximum Gasteiger partial charge on any atom is 0.105 e. The van der Waals surface area contributed by atoms with Gasteiger partial charge in [-0.25, -0.2) is 0 Å². The third-order valence-electron chi connectivity index (χ3n) is 3.27. The second kappa shape index (κ2) is 3.54. The molecule has 1 unspecified atom stereocenters. The van der Waals surface area contributed by atoms with Crippen LogP contribution in [0.25, 0.3) is 10.9 Å². The Balaban J connectivity index is 2.23. The normalized spacial score (nSPS) is 25.1. The van der Waals surface area contributed by atoms with Crippen molar-refractivity contribution in [2.75, 3.05) is 13.1 Å². The number of rotatable bonds is 1. The van der Waals surface area contributed by atoms with E-state index in [-0.39, 0.29) is 0 Å². The van der Waals surface area contributed by atoms with E-state index in [1.807, 2.05) is 30.3 Å². The molecule has 3 heteroatoms. The van der Waals surface area contributed by atoms with E-state index in [2.05, 4.69) is 10.3 Å². The van der Waals surface area contributed by atoms with Crippen molar-refractivity contribution in [3.8, 4) is 0 Å². The van der Waals surface area contributed by atoms with E-state index in [1.54, 1.807) is 6.20 Å². The van der Waals surface area contributed by atoms with Crippen molar-refractivity contribution >= 4 is 10.9 Å². The first-order valence-electron chi connectivity index (χ1n) is 5.57. The number of pyridine rings is 1. The van der Waals surface area contributed by atoms with Crippen molar-refractivity contribution in [3.05, 3.63) is 42.1 Å². The van der Waals surface area contributed by atoms with Gasteiger partial charge < -0.3 is 10.4 Å². The molecule has 0 amide bonds. The second-order valence-corrected chi connectivity index (χ2v) is 4.34. The first-order valence-corrected chi connectivity index (χ1v) is 5.57. The Hall–Kier alpha value is -1.45. The van der Waals surface area contributed by atoms with Gasteiger partial charge >= 0.3 is 0 Å². The highest BCUT2D eigenvalue weighted by atomic mass is 16.3. The highest BCUT2D eigenvalue weighted by Crippen LogP contribution is 2.31. The highest BCUT2D eigenvalue weighted by molar-refractivity contribution is 5.82. The van der Waals surface area contributed by atoms with Crippen LogP contribution in [0.2, 0.25) is 0 Å². The summed E-state index contributed by atoms with van der Waals surface area (Å²) in [6.45, 7) is 1.47. The summed E-state index contributed by atoms with van der Waals surface area (Å²) in [6, 6.07) is 9.93. The molecule has 1 atom stereocenters. The van der Waals surface area contributed by atoms with Crippen LogP contribution in [0.5, 0.6) is 0 Å². The lowest BCUT2D eigenvalue weighted by atomic mass is 9.91. The van der Waals surface area contributed by atoms with Gasteiger partial charge in [0.25, 0.3) is 0 Å². The zero-order chi connectivity index (χ0) is 11.0. The van der Waals surface area contributed by atoms with Gasteiger partial charge in [0, 0.05) is 23.7 Å². The number of fused-ring (bicyclic) bond motifs is 1. The number of para-hydroxylation sites is 1. The number of nitrogens with one attached hydrogen (secondary N) is 1. The molecule has 1 fully saturated rings. The lowest BCUT2D eigenvalue weighted by Crippen LogP contribution is -2.28. The third-order valence-corrected chi connectivity index (χ3v) is 3.27. The van der Waals surface area contributed by atoms with Crippen LogP contribution in [0.4, 0.5) is 0 Å². The van der Waals surface area contributed by atoms with E-state index in [9.17, 15) is 5.11 Å². The van der Waals surface area contributed by atoms with Crippen LogP contribution in [0.1, 0.15) is 12.0 Å². The molecule has 3 nitrogen and oxygen atoms in total. The fourth-order valence-electron chi connectivity index (χ4n) is 2.39. The smallest absolute Gasteiger partial charge is 0.105 e. The Morgan fingerprint density at radius 2 is 2.12 bits per heavy atom.